The Bertz CT molecular complexity index is 404. The molecule has 0 radical (unpaired) electrons. The van der Waals surface area contributed by atoms with Gasteiger partial charge in [0.05, 0.1) is 7.11 Å². The quantitative estimate of drug-likeness (QED) is 0.691. The number of methoxy groups -OCH3 is 1. The second-order valence-electron chi connectivity index (χ2n) is 2.69. The Labute approximate surface area is 95.0 Å². The molecule has 0 fully saturated rings. The molecule has 0 atom stereocenters. The van der Waals surface area contributed by atoms with Gasteiger partial charge in [-0.05, 0) is 35.9 Å². The molecule has 0 saturated heterocycles. The van der Waals surface area contributed by atoms with Crippen molar-refractivity contribution >= 4 is 17.7 Å². The molecule has 1 rings (SSSR count). The third kappa shape index (κ3) is 4.39. The van der Waals surface area contributed by atoms with Crippen LogP contribution in [-0.2, 0) is 0 Å². The summed E-state index contributed by atoms with van der Waals surface area (Å²) in [6, 6.07) is 7.75. The fraction of sp³-hybridized carbons (Fsp3) is 0.0769. The van der Waals surface area contributed by atoms with Crippen LogP contribution >= 0.6 is 11.6 Å². The summed E-state index contributed by atoms with van der Waals surface area (Å²) in [5, 5.41) is 0. The minimum Gasteiger partial charge on any atom is -0.497 e. The zero-order valence-electron chi connectivity index (χ0n) is 8.41. The maximum atomic E-state index is 5.31. The van der Waals surface area contributed by atoms with Crippen molar-refractivity contribution < 1.29 is 4.74 Å². The van der Waals surface area contributed by atoms with Crippen molar-refractivity contribution in [3.05, 3.63) is 47.5 Å². The molecule has 0 saturated carbocycles. The Balaban J connectivity index is 2.62. The van der Waals surface area contributed by atoms with E-state index in [-0.39, 0.29) is 0 Å². The molecule has 76 valence electrons. The summed E-state index contributed by atoms with van der Waals surface area (Å²) in [5.41, 5.74) is 2.47. The average Bonchev–Trinajstić information content (AvgIpc) is 2.30. The van der Waals surface area contributed by atoms with E-state index < -0.39 is 0 Å². The number of ether oxygens (including phenoxy) is 1. The van der Waals surface area contributed by atoms with Crippen molar-refractivity contribution in [1.82, 2.24) is 0 Å². The van der Waals surface area contributed by atoms with Crippen molar-refractivity contribution in [3.8, 4) is 17.6 Å². The minimum atomic E-state index is 0.850. The lowest BCUT2D eigenvalue weighted by Crippen LogP contribution is -1.81. The highest BCUT2D eigenvalue weighted by molar-refractivity contribution is 6.25. The molecular formula is C13H11ClO. The highest BCUT2D eigenvalue weighted by atomic mass is 35.5. The van der Waals surface area contributed by atoms with Crippen LogP contribution in [0.5, 0.6) is 5.75 Å². The SMILES string of the molecule is COc1ccc(/C=C/C#C/C=C/Cl)cc1. The summed E-state index contributed by atoms with van der Waals surface area (Å²) >= 11 is 5.31. The van der Waals surface area contributed by atoms with E-state index in [1.54, 1.807) is 19.3 Å². The van der Waals surface area contributed by atoms with Crippen molar-refractivity contribution in [1.29, 1.82) is 0 Å². The predicted octanol–water partition coefficient (Wildman–Crippen LogP) is 3.46. The van der Waals surface area contributed by atoms with Crippen molar-refractivity contribution in [3.63, 3.8) is 0 Å². The molecule has 0 spiro atoms. The summed E-state index contributed by atoms with van der Waals surface area (Å²) < 4.78 is 5.05. The second-order valence-corrected chi connectivity index (χ2v) is 2.94. The molecule has 0 heterocycles. The third-order valence-electron chi connectivity index (χ3n) is 1.70. The Morgan fingerprint density at radius 2 is 1.80 bits per heavy atom. The van der Waals surface area contributed by atoms with Gasteiger partial charge in [0.15, 0.2) is 0 Å². The Morgan fingerprint density at radius 3 is 2.40 bits per heavy atom. The summed E-state index contributed by atoms with van der Waals surface area (Å²) in [6.07, 6.45) is 5.28. The molecule has 1 aromatic rings. The number of benzene rings is 1. The molecule has 0 aliphatic heterocycles. The van der Waals surface area contributed by atoms with Gasteiger partial charge < -0.3 is 4.74 Å². The smallest absolute Gasteiger partial charge is 0.118 e. The standard InChI is InChI=1S/C13H11ClO/c1-15-13-9-7-12(8-10-13)6-4-2-3-5-11-14/h4-11H,1H3/b6-4+,11-5+. The summed E-state index contributed by atoms with van der Waals surface area (Å²) in [7, 11) is 1.65. The fourth-order valence-electron chi connectivity index (χ4n) is 0.981. The molecular weight excluding hydrogens is 208 g/mol. The lowest BCUT2D eigenvalue weighted by Gasteiger charge is -1.98. The van der Waals surface area contributed by atoms with E-state index >= 15 is 0 Å². The lowest BCUT2D eigenvalue weighted by molar-refractivity contribution is 0.415. The average molecular weight is 219 g/mol. The van der Waals surface area contributed by atoms with Gasteiger partial charge in [-0.25, -0.2) is 0 Å². The number of rotatable bonds is 2. The first-order valence-corrected chi connectivity index (χ1v) is 4.87. The van der Waals surface area contributed by atoms with E-state index in [9.17, 15) is 0 Å². The first-order valence-electron chi connectivity index (χ1n) is 4.43. The summed E-state index contributed by atoms with van der Waals surface area (Å²) in [4.78, 5) is 0. The predicted molar refractivity (Wildman–Crippen MR) is 64.8 cm³/mol. The van der Waals surface area contributed by atoms with Gasteiger partial charge in [-0.15, -0.1) is 0 Å². The van der Waals surface area contributed by atoms with E-state index in [2.05, 4.69) is 11.8 Å². The van der Waals surface area contributed by atoms with Gasteiger partial charge in [-0.2, -0.15) is 0 Å². The van der Waals surface area contributed by atoms with Crippen LogP contribution in [0.2, 0.25) is 0 Å². The van der Waals surface area contributed by atoms with Gasteiger partial charge in [0.25, 0.3) is 0 Å². The molecule has 1 aromatic carbocycles. The fourth-order valence-corrected chi connectivity index (χ4v) is 1.04. The van der Waals surface area contributed by atoms with Crippen molar-refractivity contribution in [2.45, 2.75) is 0 Å². The van der Waals surface area contributed by atoms with Crippen LogP contribution in [0.15, 0.2) is 42.0 Å². The van der Waals surface area contributed by atoms with Crippen LogP contribution in [0.4, 0.5) is 0 Å². The topological polar surface area (TPSA) is 9.23 Å². The molecule has 0 amide bonds. The van der Waals surface area contributed by atoms with E-state index in [0.29, 0.717) is 0 Å². The molecule has 0 unspecified atom stereocenters. The van der Waals surface area contributed by atoms with Gasteiger partial charge in [0.2, 0.25) is 0 Å². The molecule has 0 N–H and O–H groups in total. The lowest BCUT2D eigenvalue weighted by atomic mass is 10.2. The molecule has 0 aliphatic carbocycles. The molecule has 0 aliphatic rings. The third-order valence-corrected chi connectivity index (χ3v) is 1.83. The van der Waals surface area contributed by atoms with Crippen LogP contribution in [0.25, 0.3) is 6.08 Å². The Hall–Kier alpha value is -1.65. The molecule has 2 heteroatoms. The molecule has 0 bridgehead atoms. The Kier molecular flexibility index (Phi) is 5.14. The van der Waals surface area contributed by atoms with E-state index in [1.807, 2.05) is 30.3 Å². The first kappa shape index (κ1) is 11.4. The first-order chi connectivity index (χ1) is 7.36. The van der Waals surface area contributed by atoms with Gasteiger partial charge in [-0.3, -0.25) is 0 Å². The number of hydrogen-bond donors (Lipinski definition) is 0. The van der Waals surface area contributed by atoms with E-state index in [0.717, 1.165) is 11.3 Å². The maximum absolute atomic E-state index is 5.31. The zero-order valence-corrected chi connectivity index (χ0v) is 9.16. The monoisotopic (exact) mass is 218 g/mol. The van der Waals surface area contributed by atoms with E-state index in [1.165, 1.54) is 5.54 Å². The van der Waals surface area contributed by atoms with Crippen molar-refractivity contribution in [2.24, 2.45) is 0 Å². The van der Waals surface area contributed by atoms with Crippen LogP contribution in [0, 0.1) is 11.8 Å². The van der Waals surface area contributed by atoms with Gasteiger partial charge in [0.1, 0.15) is 5.75 Å². The minimum absolute atomic E-state index is 0.850. The van der Waals surface area contributed by atoms with Crippen LogP contribution in [-0.4, -0.2) is 7.11 Å². The van der Waals surface area contributed by atoms with Gasteiger partial charge in [-0.1, -0.05) is 35.6 Å². The number of hydrogen-bond acceptors (Lipinski definition) is 1. The zero-order chi connectivity index (χ0) is 10.9. The molecule has 1 nitrogen and oxygen atoms in total. The van der Waals surface area contributed by atoms with Crippen molar-refractivity contribution in [2.75, 3.05) is 7.11 Å². The summed E-state index contributed by atoms with van der Waals surface area (Å²) in [6.45, 7) is 0. The second kappa shape index (κ2) is 6.75. The van der Waals surface area contributed by atoms with E-state index in [4.69, 9.17) is 16.3 Å². The van der Waals surface area contributed by atoms with Gasteiger partial charge in [0, 0.05) is 5.54 Å². The van der Waals surface area contributed by atoms with Crippen LogP contribution in [0.3, 0.4) is 0 Å². The molecule has 15 heavy (non-hydrogen) atoms. The largest absolute Gasteiger partial charge is 0.497 e. The summed E-state index contributed by atoms with van der Waals surface area (Å²) in [5.74, 6) is 6.43. The van der Waals surface area contributed by atoms with Crippen LogP contribution < -0.4 is 4.74 Å². The normalized spacial score (nSPS) is 10.3. The van der Waals surface area contributed by atoms with Gasteiger partial charge >= 0.3 is 0 Å². The van der Waals surface area contributed by atoms with Crippen LogP contribution in [0.1, 0.15) is 5.56 Å². The Morgan fingerprint density at radius 1 is 1.13 bits per heavy atom. The maximum Gasteiger partial charge on any atom is 0.118 e. The molecule has 0 aromatic heterocycles. The highest BCUT2D eigenvalue weighted by Crippen LogP contribution is 2.11. The highest BCUT2D eigenvalue weighted by Gasteiger charge is 1.88. The number of halogens is 1. The number of allylic oxidation sites excluding steroid dienone is 2.